The Kier molecular flexibility index (Phi) is 4.93. The first kappa shape index (κ1) is 18.6. The van der Waals surface area contributed by atoms with Crippen molar-refractivity contribution in [3.8, 4) is 0 Å². The Hall–Kier alpha value is -2.14. The summed E-state index contributed by atoms with van der Waals surface area (Å²) < 4.78 is 1.64. The summed E-state index contributed by atoms with van der Waals surface area (Å²) in [5, 5.41) is 7.77. The van der Waals surface area contributed by atoms with Gasteiger partial charge in [-0.05, 0) is 52.7 Å². The maximum atomic E-state index is 12.5. The van der Waals surface area contributed by atoms with Crippen LogP contribution in [0.3, 0.4) is 0 Å². The minimum Gasteiger partial charge on any atom is -0.353 e. The van der Waals surface area contributed by atoms with E-state index in [0.717, 1.165) is 23.7 Å². The zero-order valence-electron chi connectivity index (χ0n) is 16.1. The average Bonchev–Trinajstić information content (AvgIpc) is 2.93. The fourth-order valence-electron chi connectivity index (χ4n) is 4.37. The Labute approximate surface area is 155 Å². The normalized spacial score (nSPS) is 19.4. The van der Waals surface area contributed by atoms with Gasteiger partial charge < -0.3 is 10.6 Å². The lowest BCUT2D eigenvalue weighted by atomic mass is 9.79. The topological polar surface area (TPSA) is 63.1 Å². The van der Waals surface area contributed by atoms with Crippen molar-refractivity contribution in [2.24, 2.45) is 0 Å². The van der Waals surface area contributed by atoms with Gasteiger partial charge in [0, 0.05) is 41.5 Å². The molecule has 26 heavy (non-hydrogen) atoms. The molecule has 0 atom stereocenters. The number of hydrogen-bond acceptors (Lipinski definition) is 3. The van der Waals surface area contributed by atoms with Crippen LogP contribution in [0.2, 0.25) is 0 Å². The van der Waals surface area contributed by atoms with Crippen molar-refractivity contribution < 1.29 is 9.59 Å². The summed E-state index contributed by atoms with van der Waals surface area (Å²) in [6.45, 7) is 8.64. The van der Waals surface area contributed by atoms with Gasteiger partial charge in [-0.3, -0.25) is 14.2 Å². The van der Waals surface area contributed by atoms with Gasteiger partial charge in [-0.25, -0.2) is 0 Å². The molecule has 1 aliphatic heterocycles. The molecule has 1 aromatic heterocycles. The Balaban J connectivity index is 1.56. The molecule has 3 rings (SSSR count). The zero-order chi connectivity index (χ0) is 18.9. The van der Waals surface area contributed by atoms with Crippen LogP contribution in [0.1, 0.15) is 58.2 Å². The number of carbonyl (C=O) groups excluding carboxylic acids is 2. The minimum atomic E-state index is -0.0488. The fraction of sp³-hybridized carbons (Fsp3) is 0.524. The monoisotopic (exact) mass is 355 g/mol. The molecule has 5 heteroatoms. The van der Waals surface area contributed by atoms with Crippen molar-refractivity contribution in [1.29, 1.82) is 0 Å². The van der Waals surface area contributed by atoms with Crippen LogP contribution in [0.5, 0.6) is 0 Å². The van der Waals surface area contributed by atoms with Gasteiger partial charge >= 0.3 is 0 Å². The van der Waals surface area contributed by atoms with E-state index >= 15 is 0 Å². The highest BCUT2D eigenvalue weighted by molar-refractivity contribution is 5.93. The number of para-hydroxylation sites is 1. The molecule has 0 unspecified atom stereocenters. The standard InChI is InChI=1S/C21H29N3O2/c1-20(2)13-16(14-21(3,4)23-20)22-18(25)9-10-19(26)24-12-11-15-7-5-6-8-17(15)24/h5-8,11-12,16,23H,9-10,13-14H2,1-4H3,(H,22,25). The number of aromatic nitrogens is 1. The van der Waals surface area contributed by atoms with E-state index in [0.29, 0.717) is 0 Å². The van der Waals surface area contributed by atoms with E-state index in [-0.39, 0.29) is 41.8 Å². The molecule has 1 saturated heterocycles. The summed E-state index contributed by atoms with van der Waals surface area (Å²) in [6.07, 6.45) is 3.98. The highest BCUT2D eigenvalue weighted by atomic mass is 16.2. The highest BCUT2D eigenvalue weighted by Gasteiger charge is 2.38. The predicted molar refractivity (Wildman–Crippen MR) is 104 cm³/mol. The van der Waals surface area contributed by atoms with Crippen LogP contribution in [-0.4, -0.2) is 33.5 Å². The number of carbonyl (C=O) groups is 2. The second-order valence-electron chi connectivity index (χ2n) is 8.70. The first-order valence-electron chi connectivity index (χ1n) is 9.33. The molecule has 1 fully saturated rings. The van der Waals surface area contributed by atoms with Crippen molar-refractivity contribution >= 4 is 22.7 Å². The van der Waals surface area contributed by atoms with Crippen LogP contribution in [0, 0.1) is 0 Å². The van der Waals surface area contributed by atoms with E-state index in [1.165, 1.54) is 0 Å². The molecule has 2 aromatic rings. The highest BCUT2D eigenvalue weighted by Crippen LogP contribution is 2.28. The van der Waals surface area contributed by atoms with Crippen molar-refractivity contribution in [3.05, 3.63) is 36.5 Å². The number of nitrogens with one attached hydrogen (secondary N) is 2. The molecule has 0 aliphatic carbocycles. The molecule has 140 valence electrons. The predicted octanol–water partition coefficient (Wildman–Crippen LogP) is 3.49. The molecular formula is C21H29N3O2. The van der Waals surface area contributed by atoms with Gasteiger partial charge in [0.1, 0.15) is 0 Å². The van der Waals surface area contributed by atoms with E-state index < -0.39 is 0 Å². The molecule has 0 saturated carbocycles. The summed E-state index contributed by atoms with van der Waals surface area (Å²) >= 11 is 0. The summed E-state index contributed by atoms with van der Waals surface area (Å²) in [5.41, 5.74) is 0.860. The number of amides is 1. The molecule has 2 heterocycles. The molecule has 5 nitrogen and oxygen atoms in total. The maximum absolute atomic E-state index is 12.5. The quantitative estimate of drug-likeness (QED) is 0.882. The molecule has 2 N–H and O–H groups in total. The first-order valence-corrected chi connectivity index (χ1v) is 9.33. The lowest BCUT2D eigenvalue weighted by Crippen LogP contribution is -2.62. The molecule has 1 aliphatic rings. The van der Waals surface area contributed by atoms with Crippen LogP contribution < -0.4 is 10.6 Å². The summed E-state index contributed by atoms with van der Waals surface area (Å²) in [5.74, 6) is -0.0966. The number of fused-ring (bicyclic) bond motifs is 1. The summed E-state index contributed by atoms with van der Waals surface area (Å²) in [4.78, 5) is 24.9. The molecule has 0 bridgehead atoms. The van der Waals surface area contributed by atoms with E-state index in [9.17, 15) is 9.59 Å². The number of benzene rings is 1. The lowest BCUT2D eigenvalue weighted by Gasteiger charge is -2.46. The minimum absolute atomic E-state index is 0.0143. The van der Waals surface area contributed by atoms with Gasteiger partial charge in [-0.1, -0.05) is 18.2 Å². The Morgan fingerprint density at radius 1 is 1.08 bits per heavy atom. The van der Waals surface area contributed by atoms with Crippen molar-refractivity contribution in [2.75, 3.05) is 0 Å². The Morgan fingerprint density at radius 3 is 2.42 bits per heavy atom. The van der Waals surface area contributed by atoms with Crippen LogP contribution in [0.15, 0.2) is 36.5 Å². The van der Waals surface area contributed by atoms with Gasteiger partial charge in [0.15, 0.2) is 0 Å². The smallest absolute Gasteiger partial charge is 0.231 e. The Morgan fingerprint density at radius 2 is 1.73 bits per heavy atom. The second kappa shape index (κ2) is 6.88. The van der Waals surface area contributed by atoms with Crippen LogP contribution in [0.4, 0.5) is 0 Å². The van der Waals surface area contributed by atoms with E-state index in [4.69, 9.17) is 0 Å². The lowest BCUT2D eigenvalue weighted by molar-refractivity contribution is -0.122. The van der Waals surface area contributed by atoms with Gasteiger partial charge in [0.05, 0.1) is 5.52 Å². The van der Waals surface area contributed by atoms with Crippen LogP contribution in [0.25, 0.3) is 10.9 Å². The second-order valence-corrected chi connectivity index (χ2v) is 8.70. The third-order valence-corrected chi connectivity index (χ3v) is 4.99. The first-order chi connectivity index (χ1) is 12.2. The third-order valence-electron chi connectivity index (χ3n) is 4.99. The largest absolute Gasteiger partial charge is 0.353 e. The van der Waals surface area contributed by atoms with Gasteiger partial charge in [-0.2, -0.15) is 0 Å². The Bertz CT molecular complexity index is 804. The van der Waals surface area contributed by atoms with E-state index in [1.807, 2.05) is 30.3 Å². The summed E-state index contributed by atoms with van der Waals surface area (Å²) in [6, 6.07) is 9.83. The molecule has 1 aromatic carbocycles. The third kappa shape index (κ3) is 4.33. The van der Waals surface area contributed by atoms with Gasteiger partial charge in [0.2, 0.25) is 11.8 Å². The molecular weight excluding hydrogens is 326 g/mol. The van der Waals surface area contributed by atoms with Gasteiger partial charge in [0.25, 0.3) is 0 Å². The van der Waals surface area contributed by atoms with E-state index in [2.05, 4.69) is 38.3 Å². The van der Waals surface area contributed by atoms with Crippen molar-refractivity contribution in [2.45, 2.75) is 70.5 Å². The van der Waals surface area contributed by atoms with E-state index in [1.54, 1.807) is 10.8 Å². The molecule has 1 amide bonds. The zero-order valence-corrected chi connectivity index (χ0v) is 16.1. The molecule has 0 spiro atoms. The van der Waals surface area contributed by atoms with Crippen molar-refractivity contribution in [1.82, 2.24) is 15.2 Å². The maximum Gasteiger partial charge on any atom is 0.231 e. The van der Waals surface area contributed by atoms with Crippen molar-refractivity contribution in [3.63, 3.8) is 0 Å². The number of nitrogens with zero attached hydrogens (tertiary/aromatic N) is 1. The van der Waals surface area contributed by atoms with Crippen LogP contribution in [-0.2, 0) is 4.79 Å². The average molecular weight is 355 g/mol. The van der Waals surface area contributed by atoms with Crippen LogP contribution >= 0.6 is 0 Å². The molecule has 0 radical (unpaired) electrons. The fourth-order valence-corrected chi connectivity index (χ4v) is 4.37. The number of hydrogen-bond donors (Lipinski definition) is 2. The number of rotatable bonds is 4. The summed E-state index contributed by atoms with van der Waals surface area (Å²) in [7, 11) is 0. The SMILES string of the molecule is CC1(C)CC(NC(=O)CCC(=O)n2ccc3ccccc32)CC(C)(C)N1. The number of piperidine rings is 1. The van der Waals surface area contributed by atoms with Gasteiger partial charge in [-0.15, -0.1) is 0 Å².